The lowest BCUT2D eigenvalue weighted by atomic mass is 9.98. The van der Waals surface area contributed by atoms with Gasteiger partial charge in [-0.05, 0) is 42.5 Å². The van der Waals surface area contributed by atoms with Crippen molar-refractivity contribution in [3.8, 4) is 5.75 Å². The average molecular weight is 399 g/mol. The van der Waals surface area contributed by atoms with Gasteiger partial charge in [0.05, 0.1) is 5.56 Å². The minimum absolute atomic E-state index is 0.0139. The Morgan fingerprint density at radius 3 is 2.18 bits per heavy atom. The summed E-state index contributed by atoms with van der Waals surface area (Å²) in [5.74, 6) is -1.38. The van der Waals surface area contributed by atoms with E-state index in [-0.39, 0.29) is 35.9 Å². The lowest BCUT2D eigenvalue weighted by Gasteiger charge is -2.10. The molecule has 142 valence electrons. The van der Waals surface area contributed by atoms with Crippen molar-refractivity contribution >= 4 is 23.4 Å². The number of esters is 1. The van der Waals surface area contributed by atoms with Crippen LogP contribution in [0.2, 0.25) is 5.02 Å². The lowest BCUT2D eigenvalue weighted by Crippen LogP contribution is -2.16. The molecule has 28 heavy (non-hydrogen) atoms. The van der Waals surface area contributed by atoms with Crippen LogP contribution in [-0.4, -0.2) is 25.0 Å². The number of hydrogen-bond donors (Lipinski definition) is 0. The zero-order valence-corrected chi connectivity index (χ0v) is 15.5. The smallest absolute Gasteiger partial charge is 0.339 e. The molecular formula is C22H16ClFO4. The second-order valence-electron chi connectivity index (χ2n) is 5.80. The van der Waals surface area contributed by atoms with Crippen LogP contribution in [0.4, 0.5) is 4.39 Å². The Morgan fingerprint density at radius 2 is 1.46 bits per heavy atom. The van der Waals surface area contributed by atoms with E-state index < -0.39 is 11.8 Å². The maximum absolute atomic E-state index is 13.5. The molecule has 0 radical (unpaired) electrons. The molecule has 0 aliphatic heterocycles. The highest BCUT2D eigenvalue weighted by molar-refractivity contribution is 6.30. The fraction of sp³-hybridized carbons (Fsp3) is 0.0909. The topological polar surface area (TPSA) is 52.6 Å². The van der Waals surface area contributed by atoms with Crippen molar-refractivity contribution < 1.29 is 23.5 Å². The minimum Gasteiger partial charge on any atom is -0.487 e. The zero-order chi connectivity index (χ0) is 19.9. The van der Waals surface area contributed by atoms with Crippen molar-refractivity contribution in [1.82, 2.24) is 0 Å². The fourth-order valence-corrected chi connectivity index (χ4v) is 2.67. The third-order valence-electron chi connectivity index (χ3n) is 3.91. The predicted octanol–water partition coefficient (Wildman–Crippen LogP) is 4.95. The maximum atomic E-state index is 13.5. The summed E-state index contributed by atoms with van der Waals surface area (Å²) in [5, 5.41) is 0.513. The number of ketones is 1. The van der Waals surface area contributed by atoms with Crippen LogP contribution < -0.4 is 4.74 Å². The first-order valence-electron chi connectivity index (χ1n) is 8.50. The molecule has 6 heteroatoms. The summed E-state index contributed by atoms with van der Waals surface area (Å²) in [6, 6.07) is 18.7. The first-order valence-corrected chi connectivity index (χ1v) is 8.88. The second kappa shape index (κ2) is 9.15. The normalized spacial score (nSPS) is 10.4. The molecule has 4 nitrogen and oxygen atoms in total. The maximum Gasteiger partial charge on any atom is 0.339 e. The fourth-order valence-electron chi connectivity index (χ4n) is 2.54. The Balaban J connectivity index is 1.65. The van der Waals surface area contributed by atoms with Gasteiger partial charge in [-0.2, -0.15) is 0 Å². The molecule has 0 spiro atoms. The Bertz CT molecular complexity index is 986. The van der Waals surface area contributed by atoms with Crippen LogP contribution in [-0.2, 0) is 4.74 Å². The van der Waals surface area contributed by atoms with E-state index in [0.29, 0.717) is 10.6 Å². The lowest BCUT2D eigenvalue weighted by molar-refractivity contribution is 0.0446. The van der Waals surface area contributed by atoms with E-state index in [1.165, 1.54) is 18.2 Å². The highest BCUT2D eigenvalue weighted by Crippen LogP contribution is 2.18. The van der Waals surface area contributed by atoms with E-state index >= 15 is 0 Å². The molecule has 0 heterocycles. The molecule has 0 bridgehead atoms. The molecular weight excluding hydrogens is 383 g/mol. The summed E-state index contributed by atoms with van der Waals surface area (Å²) in [4.78, 5) is 25.1. The Hall–Kier alpha value is -3.18. The van der Waals surface area contributed by atoms with Crippen molar-refractivity contribution in [1.29, 1.82) is 0 Å². The number of ether oxygens (including phenoxy) is 2. The van der Waals surface area contributed by atoms with Crippen LogP contribution in [0.25, 0.3) is 0 Å². The van der Waals surface area contributed by atoms with Gasteiger partial charge >= 0.3 is 5.97 Å². The summed E-state index contributed by atoms with van der Waals surface area (Å²) >= 11 is 5.85. The van der Waals surface area contributed by atoms with E-state index in [1.807, 2.05) is 0 Å². The van der Waals surface area contributed by atoms with E-state index in [4.69, 9.17) is 21.1 Å². The summed E-state index contributed by atoms with van der Waals surface area (Å²) in [6.45, 7) is -0.101. The van der Waals surface area contributed by atoms with Crippen molar-refractivity contribution in [3.63, 3.8) is 0 Å². The van der Waals surface area contributed by atoms with E-state index in [1.54, 1.807) is 54.6 Å². The third-order valence-corrected chi connectivity index (χ3v) is 4.16. The molecule has 0 saturated carbocycles. The van der Waals surface area contributed by atoms with Gasteiger partial charge in [0.15, 0.2) is 17.3 Å². The Kier molecular flexibility index (Phi) is 6.40. The Labute approximate surface area is 166 Å². The molecule has 0 aliphatic rings. The summed E-state index contributed by atoms with van der Waals surface area (Å²) in [7, 11) is 0. The first kappa shape index (κ1) is 19.6. The largest absolute Gasteiger partial charge is 0.487 e. The monoisotopic (exact) mass is 398 g/mol. The van der Waals surface area contributed by atoms with Gasteiger partial charge in [0.1, 0.15) is 13.2 Å². The van der Waals surface area contributed by atoms with Crippen molar-refractivity contribution in [2.45, 2.75) is 0 Å². The molecule has 0 fully saturated rings. The second-order valence-corrected chi connectivity index (χ2v) is 6.23. The molecule has 0 saturated heterocycles. The first-order chi connectivity index (χ1) is 13.6. The zero-order valence-electron chi connectivity index (χ0n) is 14.7. The van der Waals surface area contributed by atoms with Gasteiger partial charge in [0.25, 0.3) is 0 Å². The molecule has 3 aromatic rings. The van der Waals surface area contributed by atoms with Gasteiger partial charge < -0.3 is 9.47 Å². The van der Waals surface area contributed by atoms with Crippen LogP contribution >= 0.6 is 11.6 Å². The highest BCUT2D eigenvalue weighted by atomic mass is 35.5. The number of halogens is 2. The number of hydrogen-bond acceptors (Lipinski definition) is 4. The summed E-state index contributed by atoms with van der Waals surface area (Å²) in [5.41, 5.74) is 0.783. The number of carbonyl (C=O) groups excluding carboxylic acids is 2. The molecule has 0 N–H and O–H groups in total. The standard InChI is InChI=1S/C22H16ClFO4/c23-16-11-9-15(10-12-16)21(25)17-5-1-2-6-18(17)22(26)28-14-13-27-20-8-4-3-7-19(20)24/h1-12H,13-14H2. The number of carbonyl (C=O) groups is 2. The predicted molar refractivity (Wildman–Crippen MR) is 104 cm³/mol. The van der Waals surface area contributed by atoms with Gasteiger partial charge in [-0.3, -0.25) is 4.79 Å². The van der Waals surface area contributed by atoms with E-state index in [2.05, 4.69) is 0 Å². The average Bonchev–Trinajstić information content (AvgIpc) is 2.72. The third kappa shape index (κ3) is 4.75. The molecule has 0 aliphatic carbocycles. The van der Waals surface area contributed by atoms with Gasteiger partial charge in [-0.1, -0.05) is 41.9 Å². The minimum atomic E-state index is -0.657. The number of rotatable bonds is 7. The van der Waals surface area contributed by atoms with Crippen LogP contribution in [0.15, 0.2) is 72.8 Å². The quantitative estimate of drug-likeness (QED) is 0.321. The molecule has 3 aromatic carbocycles. The SMILES string of the molecule is O=C(OCCOc1ccccc1F)c1ccccc1C(=O)c1ccc(Cl)cc1. The van der Waals surface area contributed by atoms with Gasteiger partial charge in [-0.25, -0.2) is 9.18 Å². The number of para-hydroxylation sites is 1. The van der Waals surface area contributed by atoms with Crippen LogP contribution in [0.1, 0.15) is 26.3 Å². The van der Waals surface area contributed by atoms with Gasteiger partial charge in [-0.15, -0.1) is 0 Å². The Morgan fingerprint density at radius 1 is 0.821 bits per heavy atom. The van der Waals surface area contributed by atoms with Crippen molar-refractivity contribution in [2.24, 2.45) is 0 Å². The number of benzene rings is 3. The van der Waals surface area contributed by atoms with Crippen LogP contribution in [0.5, 0.6) is 5.75 Å². The summed E-state index contributed by atoms with van der Waals surface area (Å²) in [6.07, 6.45) is 0. The van der Waals surface area contributed by atoms with Gasteiger partial charge in [0.2, 0.25) is 0 Å². The van der Waals surface area contributed by atoms with E-state index in [0.717, 1.165) is 0 Å². The molecule has 0 aromatic heterocycles. The highest BCUT2D eigenvalue weighted by Gasteiger charge is 2.19. The van der Waals surface area contributed by atoms with Crippen LogP contribution in [0, 0.1) is 5.82 Å². The van der Waals surface area contributed by atoms with Crippen molar-refractivity contribution in [2.75, 3.05) is 13.2 Å². The molecule has 0 unspecified atom stereocenters. The van der Waals surface area contributed by atoms with Gasteiger partial charge in [0, 0.05) is 16.1 Å². The van der Waals surface area contributed by atoms with Crippen molar-refractivity contribution in [3.05, 3.63) is 100 Å². The molecule has 3 rings (SSSR count). The molecule has 0 amide bonds. The van der Waals surface area contributed by atoms with Crippen LogP contribution in [0.3, 0.4) is 0 Å². The molecule has 0 atom stereocenters. The summed E-state index contributed by atoms with van der Waals surface area (Å²) < 4.78 is 23.9. The van der Waals surface area contributed by atoms with E-state index in [9.17, 15) is 14.0 Å².